The Morgan fingerprint density at radius 1 is 1.15 bits per heavy atom. The highest BCUT2D eigenvalue weighted by atomic mass is 16.4. The van der Waals surface area contributed by atoms with Gasteiger partial charge in [0.15, 0.2) is 0 Å². The minimum atomic E-state index is -0.874. The molecular formula is C20H27N3O4. The Morgan fingerprint density at radius 2 is 1.89 bits per heavy atom. The molecule has 0 aliphatic heterocycles. The average Bonchev–Trinajstić information content (AvgIpc) is 3.14. The van der Waals surface area contributed by atoms with Crippen molar-refractivity contribution in [2.45, 2.75) is 31.3 Å². The molecule has 1 aromatic heterocycles. The van der Waals surface area contributed by atoms with Crippen molar-refractivity contribution < 1.29 is 19.1 Å². The first-order valence-corrected chi connectivity index (χ1v) is 8.95. The van der Waals surface area contributed by atoms with Crippen molar-refractivity contribution in [2.75, 3.05) is 20.6 Å². The maximum atomic E-state index is 12.4. The van der Waals surface area contributed by atoms with Gasteiger partial charge in [0.05, 0.1) is 12.3 Å². The fourth-order valence-corrected chi connectivity index (χ4v) is 2.87. The zero-order valence-electron chi connectivity index (χ0n) is 15.7. The van der Waals surface area contributed by atoms with Crippen LogP contribution in [0.3, 0.4) is 0 Å². The molecule has 0 aliphatic carbocycles. The van der Waals surface area contributed by atoms with Gasteiger partial charge in [-0.3, -0.25) is 9.69 Å². The van der Waals surface area contributed by atoms with E-state index in [2.05, 4.69) is 10.6 Å². The lowest BCUT2D eigenvalue weighted by Crippen LogP contribution is -2.45. The van der Waals surface area contributed by atoms with Gasteiger partial charge in [-0.1, -0.05) is 30.3 Å². The Kier molecular flexibility index (Phi) is 7.88. The number of nitrogens with one attached hydrogen (secondary N) is 2. The minimum Gasteiger partial charge on any atom is -0.481 e. The monoisotopic (exact) mass is 373 g/mol. The van der Waals surface area contributed by atoms with Gasteiger partial charge < -0.3 is 20.2 Å². The molecule has 2 unspecified atom stereocenters. The summed E-state index contributed by atoms with van der Waals surface area (Å²) < 4.78 is 5.44. The molecule has 0 bridgehead atoms. The van der Waals surface area contributed by atoms with E-state index in [-0.39, 0.29) is 24.5 Å². The van der Waals surface area contributed by atoms with Crippen LogP contribution in [-0.4, -0.2) is 48.7 Å². The van der Waals surface area contributed by atoms with Crippen molar-refractivity contribution >= 4 is 12.0 Å². The molecule has 7 nitrogen and oxygen atoms in total. The van der Waals surface area contributed by atoms with E-state index in [4.69, 9.17) is 9.52 Å². The van der Waals surface area contributed by atoms with E-state index in [1.807, 2.05) is 61.5 Å². The summed E-state index contributed by atoms with van der Waals surface area (Å²) in [5, 5.41) is 14.7. The van der Waals surface area contributed by atoms with Crippen molar-refractivity contribution in [1.29, 1.82) is 0 Å². The van der Waals surface area contributed by atoms with Crippen LogP contribution in [0, 0.1) is 0 Å². The second-order valence-corrected chi connectivity index (χ2v) is 6.67. The summed E-state index contributed by atoms with van der Waals surface area (Å²) >= 11 is 0. The Labute approximate surface area is 159 Å². The normalized spacial score (nSPS) is 13.1. The molecule has 7 heteroatoms. The summed E-state index contributed by atoms with van der Waals surface area (Å²) in [6.45, 7) is 0.378. The van der Waals surface area contributed by atoms with Crippen LogP contribution in [0.1, 0.15) is 30.2 Å². The number of aliphatic carboxylic acids is 1. The topological polar surface area (TPSA) is 94.8 Å². The first-order valence-electron chi connectivity index (χ1n) is 8.95. The third kappa shape index (κ3) is 7.15. The van der Waals surface area contributed by atoms with Gasteiger partial charge in [-0.25, -0.2) is 4.79 Å². The second-order valence-electron chi connectivity index (χ2n) is 6.67. The van der Waals surface area contributed by atoms with Crippen molar-refractivity contribution in [3.8, 4) is 0 Å². The Hall–Kier alpha value is -2.80. The van der Waals surface area contributed by atoms with Gasteiger partial charge in [-0.05, 0) is 44.6 Å². The number of carbonyl (C=O) groups is 2. The molecule has 0 spiro atoms. The standard InChI is InChI=1S/C20H27N3O4/c1-23(2)17(18-9-6-12-27-18)14-21-20(26)22-16(10-11-19(24)25)13-15-7-4-3-5-8-15/h3-9,12,16-17H,10-11,13-14H2,1-2H3,(H,24,25)(H2,21,22,26). The Balaban J connectivity index is 1.92. The van der Waals surface area contributed by atoms with Gasteiger partial charge in [-0.2, -0.15) is 0 Å². The molecule has 0 saturated carbocycles. The lowest BCUT2D eigenvalue weighted by Gasteiger charge is -2.24. The van der Waals surface area contributed by atoms with Crippen LogP contribution in [0.15, 0.2) is 53.1 Å². The van der Waals surface area contributed by atoms with E-state index in [9.17, 15) is 9.59 Å². The molecule has 1 aromatic carbocycles. The number of likely N-dealkylation sites (N-methyl/N-ethyl adjacent to an activating group) is 1. The maximum Gasteiger partial charge on any atom is 0.315 e. The first-order chi connectivity index (χ1) is 13.0. The summed E-state index contributed by atoms with van der Waals surface area (Å²) in [5.41, 5.74) is 1.05. The molecule has 27 heavy (non-hydrogen) atoms. The predicted molar refractivity (Wildman–Crippen MR) is 102 cm³/mol. The number of carbonyl (C=O) groups excluding carboxylic acids is 1. The predicted octanol–water partition coefficient (Wildman–Crippen LogP) is 2.66. The fourth-order valence-electron chi connectivity index (χ4n) is 2.87. The van der Waals surface area contributed by atoms with Gasteiger partial charge in [0.1, 0.15) is 5.76 Å². The number of hydrogen-bond acceptors (Lipinski definition) is 4. The highest BCUT2D eigenvalue weighted by molar-refractivity contribution is 5.74. The largest absolute Gasteiger partial charge is 0.481 e. The van der Waals surface area contributed by atoms with Crippen LogP contribution in [0.5, 0.6) is 0 Å². The van der Waals surface area contributed by atoms with Crippen LogP contribution >= 0.6 is 0 Å². The summed E-state index contributed by atoms with van der Waals surface area (Å²) in [7, 11) is 3.83. The molecule has 0 radical (unpaired) electrons. The summed E-state index contributed by atoms with van der Waals surface area (Å²) in [6.07, 6.45) is 2.56. The van der Waals surface area contributed by atoms with Crippen LogP contribution in [0.2, 0.25) is 0 Å². The quantitative estimate of drug-likeness (QED) is 0.595. The molecule has 3 N–H and O–H groups in total. The number of nitrogens with zero attached hydrogens (tertiary/aromatic N) is 1. The molecule has 0 saturated heterocycles. The molecule has 0 aliphatic rings. The van der Waals surface area contributed by atoms with Gasteiger partial charge in [0.2, 0.25) is 0 Å². The number of rotatable bonds is 10. The third-order valence-electron chi connectivity index (χ3n) is 4.32. The Bertz CT molecular complexity index is 701. The van der Waals surface area contributed by atoms with E-state index >= 15 is 0 Å². The van der Waals surface area contributed by atoms with Crippen LogP contribution in [-0.2, 0) is 11.2 Å². The smallest absolute Gasteiger partial charge is 0.315 e. The summed E-state index contributed by atoms with van der Waals surface area (Å²) in [6, 6.07) is 12.7. The molecule has 0 fully saturated rings. The number of amides is 2. The average molecular weight is 373 g/mol. The van der Waals surface area contributed by atoms with Gasteiger partial charge in [0, 0.05) is 19.0 Å². The number of hydrogen-bond donors (Lipinski definition) is 3. The molecule has 2 atom stereocenters. The van der Waals surface area contributed by atoms with Gasteiger partial charge in [-0.15, -0.1) is 0 Å². The molecular weight excluding hydrogens is 346 g/mol. The highest BCUT2D eigenvalue weighted by Crippen LogP contribution is 2.17. The van der Waals surface area contributed by atoms with E-state index in [1.165, 1.54) is 0 Å². The summed E-state index contributed by atoms with van der Waals surface area (Å²) in [5.74, 6) is -0.104. The zero-order chi connectivity index (χ0) is 19.6. The lowest BCUT2D eigenvalue weighted by molar-refractivity contribution is -0.137. The van der Waals surface area contributed by atoms with Gasteiger partial charge in [0.25, 0.3) is 0 Å². The van der Waals surface area contributed by atoms with Crippen molar-refractivity contribution in [1.82, 2.24) is 15.5 Å². The molecule has 2 aromatic rings. The lowest BCUT2D eigenvalue weighted by atomic mass is 10.0. The fraction of sp³-hybridized carbons (Fsp3) is 0.400. The van der Waals surface area contributed by atoms with E-state index < -0.39 is 5.97 Å². The van der Waals surface area contributed by atoms with Crippen molar-refractivity contribution in [3.63, 3.8) is 0 Å². The third-order valence-corrected chi connectivity index (χ3v) is 4.32. The summed E-state index contributed by atoms with van der Waals surface area (Å²) in [4.78, 5) is 25.2. The van der Waals surface area contributed by atoms with Gasteiger partial charge >= 0.3 is 12.0 Å². The van der Waals surface area contributed by atoms with Crippen molar-refractivity contribution in [3.05, 3.63) is 60.1 Å². The van der Waals surface area contributed by atoms with Crippen LogP contribution < -0.4 is 10.6 Å². The number of carboxylic acids is 1. The number of carboxylic acid groups (broad SMARTS) is 1. The van der Waals surface area contributed by atoms with Crippen LogP contribution in [0.25, 0.3) is 0 Å². The SMILES string of the molecule is CN(C)C(CNC(=O)NC(CCC(=O)O)Cc1ccccc1)c1ccco1. The first kappa shape index (κ1) is 20.5. The van der Waals surface area contributed by atoms with E-state index in [0.29, 0.717) is 19.4 Å². The highest BCUT2D eigenvalue weighted by Gasteiger charge is 2.19. The molecule has 1 heterocycles. The van der Waals surface area contributed by atoms with E-state index in [1.54, 1.807) is 6.26 Å². The molecule has 146 valence electrons. The second kappa shape index (κ2) is 10.4. The number of urea groups is 1. The molecule has 2 amide bonds. The Morgan fingerprint density at radius 3 is 2.48 bits per heavy atom. The van der Waals surface area contributed by atoms with Crippen molar-refractivity contribution in [2.24, 2.45) is 0 Å². The maximum absolute atomic E-state index is 12.4. The minimum absolute atomic E-state index is 0.00446. The number of benzene rings is 1. The molecule has 2 rings (SSSR count). The van der Waals surface area contributed by atoms with E-state index in [0.717, 1.165) is 11.3 Å². The number of furan rings is 1. The zero-order valence-corrected chi connectivity index (χ0v) is 15.7. The van der Waals surface area contributed by atoms with Crippen LogP contribution in [0.4, 0.5) is 4.79 Å².